The number of benzene rings is 1. The largest absolute Gasteiger partial charge is 0.242 e. The first kappa shape index (κ1) is 14.0. The predicted molar refractivity (Wildman–Crippen MR) is 68.2 cm³/mol. The van der Waals surface area contributed by atoms with Gasteiger partial charge in [0.1, 0.15) is 22.3 Å². The van der Waals surface area contributed by atoms with Crippen molar-refractivity contribution in [2.24, 2.45) is 5.92 Å². The Hall–Kier alpha value is -1.45. The smallest absolute Gasteiger partial charge is 0.208 e. The van der Waals surface area contributed by atoms with Gasteiger partial charge in [-0.3, -0.25) is 0 Å². The third kappa shape index (κ3) is 3.31. The molecule has 2 rings (SSSR count). The topological polar surface area (TPSA) is 70.0 Å². The molecule has 19 heavy (non-hydrogen) atoms. The summed E-state index contributed by atoms with van der Waals surface area (Å²) in [6, 6.07) is 4.99. The maximum Gasteiger partial charge on any atom is 0.242 e. The second-order valence-electron chi connectivity index (χ2n) is 4.93. The van der Waals surface area contributed by atoms with Crippen LogP contribution >= 0.6 is 0 Å². The van der Waals surface area contributed by atoms with Crippen molar-refractivity contribution < 1.29 is 12.8 Å². The maximum atomic E-state index is 13.4. The Morgan fingerprint density at radius 1 is 1.53 bits per heavy atom. The number of hydrogen-bond donors (Lipinski definition) is 1. The number of rotatable bonds is 5. The van der Waals surface area contributed by atoms with Gasteiger partial charge in [0, 0.05) is 6.04 Å². The molecule has 1 fully saturated rings. The van der Waals surface area contributed by atoms with Crippen LogP contribution in [-0.4, -0.2) is 14.5 Å². The highest BCUT2D eigenvalue weighted by atomic mass is 32.2. The van der Waals surface area contributed by atoms with Gasteiger partial charge in [0.15, 0.2) is 0 Å². The first-order valence-electron chi connectivity index (χ1n) is 6.15. The minimum Gasteiger partial charge on any atom is -0.208 e. The zero-order chi connectivity index (χ0) is 14.0. The second kappa shape index (κ2) is 5.27. The normalized spacial score (nSPS) is 16.9. The molecule has 1 atom stereocenters. The molecule has 1 aliphatic carbocycles. The van der Waals surface area contributed by atoms with Crippen LogP contribution in [0.5, 0.6) is 0 Å². The Bertz CT molecular complexity index is 618. The Morgan fingerprint density at radius 3 is 2.79 bits per heavy atom. The average molecular weight is 282 g/mol. The van der Waals surface area contributed by atoms with Gasteiger partial charge in [0.05, 0.1) is 0 Å². The van der Waals surface area contributed by atoms with Crippen LogP contribution < -0.4 is 4.72 Å². The molecule has 4 nitrogen and oxygen atoms in total. The summed E-state index contributed by atoms with van der Waals surface area (Å²) in [7, 11) is -3.86. The van der Waals surface area contributed by atoms with Gasteiger partial charge in [-0.15, -0.1) is 0 Å². The SMILES string of the molecule is CC(CC1CC1)NS(=O)(=O)c1cccc(F)c1C#N. The monoisotopic (exact) mass is 282 g/mol. The molecule has 0 saturated heterocycles. The number of halogens is 1. The average Bonchev–Trinajstić information content (AvgIpc) is 3.11. The molecule has 1 N–H and O–H groups in total. The van der Waals surface area contributed by atoms with E-state index in [0.29, 0.717) is 5.92 Å². The lowest BCUT2D eigenvalue weighted by atomic mass is 10.2. The fourth-order valence-corrected chi connectivity index (χ4v) is 3.49. The van der Waals surface area contributed by atoms with E-state index >= 15 is 0 Å². The Kier molecular flexibility index (Phi) is 3.88. The van der Waals surface area contributed by atoms with Crippen LogP contribution in [0.2, 0.25) is 0 Å². The lowest BCUT2D eigenvalue weighted by Gasteiger charge is -2.14. The van der Waals surface area contributed by atoms with Crippen LogP contribution in [0.1, 0.15) is 31.7 Å². The fourth-order valence-electron chi connectivity index (χ4n) is 2.07. The van der Waals surface area contributed by atoms with Crippen LogP contribution in [0, 0.1) is 23.1 Å². The molecular weight excluding hydrogens is 267 g/mol. The first-order chi connectivity index (χ1) is 8.94. The lowest BCUT2D eigenvalue weighted by Crippen LogP contribution is -2.33. The van der Waals surface area contributed by atoms with E-state index in [1.807, 2.05) is 0 Å². The molecule has 6 heteroatoms. The lowest BCUT2D eigenvalue weighted by molar-refractivity contribution is 0.528. The van der Waals surface area contributed by atoms with Gasteiger partial charge in [-0.1, -0.05) is 18.9 Å². The molecule has 0 aromatic heterocycles. The summed E-state index contributed by atoms with van der Waals surface area (Å²) in [5, 5.41) is 8.87. The number of nitrogens with one attached hydrogen (secondary N) is 1. The van der Waals surface area contributed by atoms with Gasteiger partial charge in [0.25, 0.3) is 0 Å². The third-order valence-electron chi connectivity index (χ3n) is 3.12. The van der Waals surface area contributed by atoms with Crippen molar-refractivity contribution in [2.75, 3.05) is 0 Å². The van der Waals surface area contributed by atoms with E-state index in [0.717, 1.165) is 25.3 Å². The minimum absolute atomic E-state index is 0.215. The molecule has 0 heterocycles. The van der Waals surface area contributed by atoms with E-state index in [2.05, 4.69) is 4.72 Å². The van der Waals surface area contributed by atoms with Crippen LogP contribution in [0.4, 0.5) is 4.39 Å². The van der Waals surface area contributed by atoms with Crippen LogP contribution in [0.25, 0.3) is 0 Å². The number of sulfonamides is 1. The molecule has 0 bridgehead atoms. The Morgan fingerprint density at radius 2 is 2.21 bits per heavy atom. The molecule has 0 spiro atoms. The van der Waals surface area contributed by atoms with Crippen molar-refractivity contribution in [3.63, 3.8) is 0 Å². The van der Waals surface area contributed by atoms with Crippen molar-refractivity contribution in [1.29, 1.82) is 5.26 Å². The predicted octanol–water partition coefficient (Wildman–Crippen LogP) is 2.16. The molecule has 1 saturated carbocycles. The van der Waals surface area contributed by atoms with E-state index in [4.69, 9.17) is 5.26 Å². The summed E-state index contributed by atoms with van der Waals surface area (Å²) in [5.74, 6) is -0.235. The van der Waals surface area contributed by atoms with Crippen LogP contribution in [0.15, 0.2) is 23.1 Å². The van der Waals surface area contributed by atoms with E-state index < -0.39 is 21.4 Å². The minimum atomic E-state index is -3.86. The summed E-state index contributed by atoms with van der Waals surface area (Å²) in [5.41, 5.74) is -0.436. The van der Waals surface area contributed by atoms with Crippen molar-refractivity contribution in [2.45, 2.75) is 37.1 Å². The highest BCUT2D eigenvalue weighted by molar-refractivity contribution is 7.89. The Balaban J connectivity index is 2.24. The molecule has 1 aliphatic rings. The fraction of sp³-hybridized carbons (Fsp3) is 0.462. The maximum absolute atomic E-state index is 13.4. The zero-order valence-electron chi connectivity index (χ0n) is 10.6. The summed E-state index contributed by atoms with van der Waals surface area (Å²) in [6.07, 6.45) is 3.04. The van der Waals surface area contributed by atoms with Gasteiger partial charge >= 0.3 is 0 Å². The molecular formula is C13H15FN2O2S. The number of nitrogens with zero attached hydrogens (tertiary/aromatic N) is 1. The van der Waals surface area contributed by atoms with Crippen LogP contribution in [-0.2, 0) is 10.0 Å². The highest BCUT2D eigenvalue weighted by Gasteiger charge is 2.27. The quantitative estimate of drug-likeness (QED) is 0.899. The van der Waals surface area contributed by atoms with Crippen molar-refractivity contribution in [3.05, 3.63) is 29.6 Å². The molecule has 1 unspecified atom stereocenters. The van der Waals surface area contributed by atoms with Gasteiger partial charge in [-0.25, -0.2) is 17.5 Å². The van der Waals surface area contributed by atoms with Crippen molar-refractivity contribution in [3.8, 4) is 6.07 Å². The zero-order valence-corrected chi connectivity index (χ0v) is 11.4. The standard InChI is InChI=1S/C13H15FN2O2S/c1-9(7-10-5-6-10)16-19(17,18)13-4-2-3-12(14)11(13)8-15/h2-4,9-10,16H,5-7H2,1H3. The molecule has 1 aromatic rings. The van der Waals surface area contributed by atoms with Gasteiger partial charge in [-0.05, 0) is 31.4 Å². The third-order valence-corrected chi connectivity index (χ3v) is 4.75. The molecule has 0 radical (unpaired) electrons. The van der Waals surface area contributed by atoms with E-state index in [1.54, 1.807) is 13.0 Å². The van der Waals surface area contributed by atoms with Crippen molar-refractivity contribution in [1.82, 2.24) is 4.72 Å². The Labute approximate surface area is 112 Å². The molecule has 102 valence electrons. The van der Waals surface area contributed by atoms with Gasteiger partial charge < -0.3 is 0 Å². The highest BCUT2D eigenvalue weighted by Crippen LogP contribution is 2.33. The van der Waals surface area contributed by atoms with Crippen molar-refractivity contribution >= 4 is 10.0 Å². The van der Waals surface area contributed by atoms with E-state index in [9.17, 15) is 12.8 Å². The number of nitriles is 1. The summed E-state index contributed by atoms with van der Waals surface area (Å²) in [6.45, 7) is 1.78. The molecule has 1 aromatic carbocycles. The molecule has 0 aliphatic heterocycles. The summed E-state index contributed by atoms with van der Waals surface area (Å²) >= 11 is 0. The molecule has 0 amide bonds. The van der Waals surface area contributed by atoms with Gasteiger partial charge in [-0.2, -0.15) is 5.26 Å². The summed E-state index contributed by atoms with van der Waals surface area (Å²) in [4.78, 5) is -0.294. The number of hydrogen-bond acceptors (Lipinski definition) is 3. The second-order valence-corrected chi connectivity index (χ2v) is 6.61. The first-order valence-corrected chi connectivity index (χ1v) is 7.63. The van der Waals surface area contributed by atoms with Crippen LogP contribution in [0.3, 0.4) is 0 Å². The van der Waals surface area contributed by atoms with E-state index in [1.165, 1.54) is 12.1 Å². The van der Waals surface area contributed by atoms with Gasteiger partial charge in [0.2, 0.25) is 10.0 Å². The summed E-state index contributed by atoms with van der Waals surface area (Å²) < 4.78 is 40.2. The van der Waals surface area contributed by atoms with E-state index in [-0.39, 0.29) is 10.9 Å².